The average molecular weight is 381 g/mol. The number of carbonyl (C=O) groups is 2. The minimum atomic E-state index is -0.369. The predicted octanol–water partition coefficient (Wildman–Crippen LogP) is 2.54. The van der Waals surface area contributed by atoms with Gasteiger partial charge in [0.1, 0.15) is 5.75 Å². The Morgan fingerprint density at radius 2 is 1.82 bits per heavy atom. The van der Waals surface area contributed by atoms with Crippen LogP contribution in [-0.2, 0) is 22.6 Å². The Balaban J connectivity index is 1.54. The molecule has 6 heteroatoms. The Hall–Kier alpha value is -2.86. The number of hydrogen-bond acceptors (Lipinski definition) is 4. The molecule has 2 aromatic carbocycles. The van der Waals surface area contributed by atoms with E-state index in [4.69, 9.17) is 4.74 Å². The van der Waals surface area contributed by atoms with Crippen LogP contribution in [0.15, 0.2) is 48.5 Å². The summed E-state index contributed by atoms with van der Waals surface area (Å²) >= 11 is 0. The third-order valence-electron chi connectivity index (χ3n) is 5.23. The smallest absolute Gasteiger partial charge is 0.239 e. The third-order valence-corrected chi connectivity index (χ3v) is 5.23. The molecule has 1 aliphatic heterocycles. The van der Waals surface area contributed by atoms with Crippen LogP contribution < -0.4 is 10.1 Å². The number of nitrogens with zero attached hydrogens (tertiary/aromatic N) is 2. The van der Waals surface area contributed by atoms with Crippen LogP contribution in [0, 0.1) is 0 Å². The maximum Gasteiger partial charge on any atom is 0.239 e. The Morgan fingerprint density at radius 3 is 2.50 bits per heavy atom. The Bertz CT molecular complexity index is 835. The zero-order valence-corrected chi connectivity index (χ0v) is 16.6. The lowest BCUT2D eigenvalue weighted by Crippen LogP contribution is -2.49. The molecule has 0 unspecified atom stereocenters. The van der Waals surface area contributed by atoms with Gasteiger partial charge in [0.05, 0.1) is 19.7 Å². The second-order valence-electron chi connectivity index (χ2n) is 7.15. The van der Waals surface area contributed by atoms with Crippen LogP contribution in [0.1, 0.15) is 18.1 Å². The van der Waals surface area contributed by atoms with Gasteiger partial charge in [-0.1, -0.05) is 24.3 Å². The van der Waals surface area contributed by atoms with Gasteiger partial charge in [-0.2, -0.15) is 0 Å². The molecule has 148 valence electrons. The van der Waals surface area contributed by atoms with Crippen molar-refractivity contribution in [3.8, 4) is 5.75 Å². The maximum atomic E-state index is 12.9. The fraction of sp³-hybridized carbons (Fsp3) is 0.364. The first-order chi connectivity index (χ1) is 13.5. The molecule has 0 saturated heterocycles. The first-order valence-corrected chi connectivity index (χ1v) is 9.47. The molecule has 0 aliphatic carbocycles. The molecule has 3 rings (SSSR count). The van der Waals surface area contributed by atoms with Gasteiger partial charge >= 0.3 is 0 Å². The standard InChI is InChI=1S/C22H27N3O3/c1-16(22(27)25-13-12-17-6-4-5-7-18(17)14-25)24(2)15-21(26)23-19-8-10-20(28-3)11-9-19/h4-11,16H,12-15H2,1-3H3,(H,23,26)/t16-/m0/s1. The van der Waals surface area contributed by atoms with Crippen molar-refractivity contribution in [2.24, 2.45) is 0 Å². The highest BCUT2D eigenvalue weighted by molar-refractivity contribution is 5.93. The quantitative estimate of drug-likeness (QED) is 0.835. The lowest BCUT2D eigenvalue weighted by molar-refractivity contribution is -0.137. The van der Waals surface area contributed by atoms with Gasteiger partial charge < -0.3 is 15.0 Å². The summed E-state index contributed by atoms with van der Waals surface area (Å²) in [5, 5.41) is 2.85. The number of rotatable bonds is 6. The van der Waals surface area contributed by atoms with Crippen LogP contribution >= 0.6 is 0 Å². The lowest BCUT2D eigenvalue weighted by atomic mass is 9.99. The summed E-state index contributed by atoms with van der Waals surface area (Å²) in [5.74, 6) is 0.628. The van der Waals surface area contributed by atoms with Crippen molar-refractivity contribution in [3.63, 3.8) is 0 Å². The van der Waals surface area contributed by atoms with E-state index in [1.165, 1.54) is 11.1 Å². The number of likely N-dealkylation sites (N-methyl/N-ethyl adjacent to an activating group) is 1. The minimum Gasteiger partial charge on any atom is -0.497 e. The highest BCUT2D eigenvalue weighted by atomic mass is 16.5. The Kier molecular flexibility index (Phi) is 6.31. The van der Waals surface area contributed by atoms with E-state index < -0.39 is 0 Å². The molecule has 1 aliphatic rings. The highest BCUT2D eigenvalue weighted by Gasteiger charge is 2.27. The maximum absolute atomic E-state index is 12.9. The molecule has 1 heterocycles. The number of carbonyl (C=O) groups excluding carboxylic acids is 2. The fourth-order valence-corrected chi connectivity index (χ4v) is 3.37. The summed E-state index contributed by atoms with van der Waals surface area (Å²) in [6.45, 7) is 3.34. The number of amides is 2. The number of ether oxygens (including phenoxy) is 1. The lowest BCUT2D eigenvalue weighted by Gasteiger charge is -2.33. The molecule has 1 atom stereocenters. The predicted molar refractivity (Wildman–Crippen MR) is 109 cm³/mol. The first-order valence-electron chi connectivity index (χ1n) is 9.47. The number of methoxy groups -OCH3 is 1. The number of anilines is 1. The number of benzene rings is 2. The molecular weight excluding hydrogens is 354 g/mol. The molecule has 28 heavy (non-hydrogen) atoms. The van der Waals surface area contributed by atoms with Crippen LogP contribution in [-0.4, -0.2) is 54.9 Å². The summed E-state index contributed by atoms with van der Waals surface area (Å²) in [4.78, 5) is 28.9. The van der Waals surface area contributed by atoms with Crippen molar-refractivity contribution in [1.82, 2.24) is 9.80 Å². The van der Waals surface area contributed by atoms with Gasteiger partial charge in [-0.3, -0.25) is 14.5 Å². The molecule has 0 spiro atoms. The largest absolute Gasteiger partial charge is 0.497 e. The second kappa shape index (κ2) is 8.89. The van der Waals surface area contributed by atoms with Gasteiger partial charge in [0.15, 0.2) is 0 Å². The van der Waals surface area contributed by atoms with Gasteiger partial charge in [0, 0.05) is 18.8 Å². The Labute approximate surface area is 166 Å². The van der Waals surface area contributed by atoms with Crippen LogP contribution in [0.3, 0.4) is 0 Å². The summed E-state index contributed by atoms with van der Waals surface area (Å²) < 4.78 is 5.11. The van der Waals surface area contributed by atoms with Crippen molar-refractivity contribution >= 4 is 17.5 Å². The Morgan fingerprint density at radius 1 is 1.14 bits per heavy atom. The van der Waals surface area contributed by atoms with Gasteiger partial charge in [0.25, 0.3) is 0 Å². The molecule has 0 fully saturated rings. The van der Waals surface area contributed by atoms with Gasteiger partial charge in [0.2, 0.25) is 11.8 Å². The van der Waals surface area contributed by atoms with E-state index in [-0.39, 0.29) is 24.4 Å². The second-order valence-corrected chi connectivity index (χ2v) is 7.15. The summed E-state index contributed by atoms with van der Waals surface area (Å²) in [6, 6.07) is 15.0. The zero-order chi connectivity index (χ0) is 20.1. The number of fused-ring (bicyclic) bond motifs is 1. The summed E-state index contributed by atoms with van der Waals surface area (Å²) in [5.41, 5.74) is 3.21. The summed E-state index contributed by atoms with van der Waals surface area (Å²) in [7, 11) is 3.40. The van der Waals surface area contributed by atoms with Gasteiger partial charge in [-0.15, -0.1) is 0 Å². The molecule has 0 radical (unpaired) electrons. The van der Waals surface area contributed by atoms with E-state index in [9.17, 15) is 9.59 Å². The van der Waals surface area contributed by atoms with Crippen molar-refractivity contribution in [3.05, 3.63) is 59.7 Å². The van der Waals surface area contributed by atoms with E-state index in [0.29, 0.717) is 18.8 Å². The number of nitrogens with one attached hydrogen (secondary N) is 1. The monoisotopic (exact) mass is 381 g/mol. The van der Waals surface area contributed by atoms with E-state index in [2.05, 4.69) is 17.4 Å². The van der Waals surface area contributed by atoms with Crippen molar-refractivity contribution in [2.75, 3.05) is 32.6 Å². The first kappa shape index (κ1) is 19.9. The normalized spacial score (nSPS) is 14.4. The van der Waals surface area contributed by atoms with E-state index in [0.717, 1.165) is 12.2 Å². The molecule has 0 saturated carbocycles. The van der Waals surface area contributed by atoms with Crippen molar-refractivity contribution < 1.29 is 14.3 Å². The topological polar surface area (TPSA) is 61.9 Å². The molecule has 2 amide bonds. The van der Waals surface area contributed by atoms with Gasteiger partial charge in [-0.25, -0.2) is 0 Å². The van der Waals surface area contributed by atoms with E-state index in [1.807, 2.05) is 24.0 Å². The van der Waals surface area contributed by atoms with Crippen LogP contribution in [0.4, 0.5) is 5.69 Å². The molecule has 0 bridgehead atoms. The fourth-order valence-electron chi connectivity index (χ4n) is 3.37. The van der Waals surface area contributed by atoms with E-state index in [1.54, 1.807) is 43.3 Å². The number of hydrogen-bond donors (Lipinski definition) is 1. The van der Waals surface area contributed by atoms with E-state index >= 15 is 0 Å². The zero-order valence-electron chi connectivity index (χ0n) is 16.6. The van der Waals surface area contributed by atoms with Crippen LogP contribution in [0.5, 0.6) is 5.75 Å². The van der Waals surface area contributed by atoms with Gasteiger partial charge in [-0.05, 0) is 55.8 Å². The molecule has 0 aromatic heterocycles. The average Bonchev–Trinajstić information content (AvgIpc) is 2.72. The molecular formula is C22H27N3O3. The summed E-state index contributed by atoms with van der Waals surface area (Å²) in [6.07, 6.45) is 0.871. The van der Waals surface area contributed by atoms with Crippen molar-refractivity contribution in [1.29, 1.82) is 0 Å². The molecule has 1 N–H and O–H groups in total. The highest BCUT2D eigenvalue weighted by Crippen LogP contribution is 2.20. The third kappa shape index (κ3) is 4.70. The molecule has 2 aromatic rings. The SMILES string of the molecule is COc1ccc(NC(=O)CN(C)[C@@H](C)C(=O)N2CCc3ccccc3C2)cc1. The van der Waals surface area contributed by atoms with Crippen LogP contribution in [0.2, 0.25) is 0 Å². The van der Waals surface area contributed by atoms with Crippen molar-refractivity contribution in [2.45, 2.75) is 25.9 Å². The van der Waals surface area contributed by atoms with Crippen LogP contribution in [0.25, 0.3) is 0 Å². The minimum absolute atomic E-state index is 0.0502. The molecule has 6 nitrogen and oxygen atoms in total.